The maximum absolute atomic E-state index is 13.3. The predicted octanol–water partition coefficient (Wildman–Crippen LogP) is 6.51. The van der Waals surface area contributed by atoms with Crippen LogP contribution in [0.2, 0.25) is 10.0 Å². The number of piperidine rings is 1. The minimum absolute atomic E-state index is 0. The van der Waals surface area contributed by atoms with Crippen molar-refractivity contribution in [2.45, 2.75) is 50.7 Å². The highest BCUT2D eigenvalue weighted by molar-refractivity contribution is 7.90. The fourth-order valence-corrected chi connectivity index (χ4v) is 7.37. The molecule has 5 rings (SSSR count). The molecule has 6 nitrogen and oxygen atoms in total. The lowest BCUT2D eigenvalue weighted by molar-refractivity contribution is -0.110. The van der Waals surface area contributed by atoms with Crippen LogP contribution < -0.4 is 10.6 Å². The van der Waals surface area contributed by atoms with Crippen LogP contribution in [0.3, 0.4) is 0 Å². The molecule has 3 heterocycles. The van der Waals surface area contributed by atoms with E-state index in [4.69, 9.17) is 23.2 Å². The van der Waals surface area contributed by atoms with E-state index in [9.17, 15) is 13.2 Å². The smallest absolute Gasteiger partial charge is 0.256 e. The van der Waals surface area contributed by atoms with Crippen LogP contribution in [0.5, 0.6) is 0 Å². The number of nitrogens with one attached hydrogen (secondary N) is 3. The van der Waals surface area contributed by atoms with E-state index in [0.717, 1.165) is 42.9 Å². The van der Waals surface area contributed by atoms with Crippen LogP contribution in [0.4, 0.5) is 5.69 Å². The zero-order valence-electron chi connectivity index (χ0n) is 20.0. The predicted molar refractivity (Wildman–Crippen MR) is 152 cm³/mol. The third-order valence-corrected chi connectivity index (χ3v) is 9.45. The average molecular weight is 561 g/mol. The van der Waals surface area contributed by atoms with Gasteiger partial charge in [-0.25, -0.2) is 8.42 Å². The minimum atomic E-state index is -3.77. The topological polar surface area (TPSA) is 91.1 Å². The maximum Gasteiger partial charge on any atom is 0.256 e. The molecule has 0 radical (unpaired) electrons. The average Bonchev–Trinajstić information content (AvgIpc) is 3.31. The molecule has 2 aliphatic heterocycles. The lowest BCUT2D eigenvalue weighted by Gasteiger charge is -2.23. The van der Waals surface area contributed by atoms with Gasteiger partial charge in [-0.3, -0.25) is 4.79 Å². The summed E-state index contributed by atoms with van der Waals surface area (Å²) in [5.74, 6) is -0.115. The van der Waals surface area contributed by atoms with E-state index >= 15 is 0 Å². The molecule has 0 saturated carbocycles. The van der Waals surface area contributed by atoms with Gasteiger partial charge in [-0.2, -0.15) is 0 Å². The van der Waals surface area contributed by atoms with Gasteiger partial charge in [0.1, 0.15) is 0 Å². The Bertz CT molecular complexity index is 1480. The second-order valence-electron chi connectivity index (χ2n) is 9.41. The molecule has 9 heteroatoms. The first-order chi connectivity index (χ1) is 17.2. The van der Waals surface area contributed by atoms with Gasteiger partial charge in [0.15, 0.2) is 9.84 Å². The van der Waals surface area contributed by atoms with Crippen LogP contribution in [-0.4, -0.2) is 32.4 Å². The van der Waals surface area contributed by atoms with E-state index in [-0.39, 0.29) is 24.0 Å². The third kappa shape index (κ3) is 5.23. The summed E-state index contributed by atoms with van der Waals surface area (Å²) in [6.07, 6.45) is 3.99. The van der Waals surface area contributed by atoms with Gasteiger partial charge < -0.3 is 15.6 Å². The number of aryl methyl sites for hydroxylation is 1. The molecule has 1 fully saturated rings. The molecule has 0 bridgehead atoms. The quantitative estimate of drug-likeness (QED) is 0.311. The summed E-state index contributed by atoms with van der Waals surface area (Å²) in [5, 5.41) is 6.85. The number of H-pyrrole nitrogens is 1. The molecule has 3 N–H and O–H groups in total. The fraction of sp³-hybridized carbons (Fsp3) is 0.321. The van der Waals surface area contributed by atoms with Crippen molar-refractivity contribution in [1.29, 1.82) is 0 Å². The van der Waals surface area contributed by atoms with E-state index in [0.29, 0.717) is 38.4 Å². The van der Waals surface area contributed by atoms with Crippen molar-refractivity contribution >= 4 is 56.3 Å². The minimum Gasteiger partial charge on any atom is -0.359 e. The summed E-state index contributed by atoms with van der Waals surface area (Å²) in [6, 6.07) is 9.58. The van der Waals surface area contributed by atoms with E-state index in [2.05, 4.69) is 29.5 Å². The van der Waals surface area contributed by atoms with Gasteiger partial charge in [0.2, 0.25) is 0 Å². The number of hydrogen-bond donors (Lipinski definition) is 3. The molecule has 2 aliphatic rings. The lowest BCUT2D eigenvalue weighted by atomic mass is 9.87. The van der Waals surface area contributed by atoms with Crippen LogP contribution in [0.1, 0.15) is 59.8 Å². The summed E-state index contributed by atoms with van der Waals surface area (Å²) in [5.41, 5.74) is 6.35. The van der Waals surface area contributed by atoms with Crippen LogP contribution in [-0.2, 0) is 20.4 Å². The second kappa shape index (κ2) is 10.7. The fourth-order valence-electron chi connectivity index (χ4n) is 5.25. The first-order valence-corrected chi connectivity index (χ1v) is 14.3. The van der Waals surface area contributed by atoms with Gasteiger partial charge in [-0.1, -0.05) is 36.7 Å². The number of aromatic nitrogens is 1. The molecular weight excluding hydrogens is 529 g/mol. The van der Waals surface area contributed by atoms with Crippen LogP contribution >= 0.6 is 23.2 Å². The number of aromatic amines is 1. The van der Waals surface area contributed by atoms with E-state index in [1.807, 2.05) is 6.08 Å². The monoisotopic (exact) mass is 559 g/mol. The van der Waals surface area contributed by atoms with Gasteiger partial charge in [-0.05, 0) is 93.2 Å². The molecule has 0 unspecified atom stereocenters. The summed E-state index contributed by atoms with van der Waals surface area (Å²) in [7, 11) is -3.77. The Hall–Kier alpha value is -2.58. The number of carbonyl (C=O) groups is 1. The highest BCUT2D eigenvalue weighted by Crippen LogP contribution is 2.38. The maximum atomic E-state index is 13.3. The number of amides is 1. The van der Waals surface area contributed by atoms with Crippen LogP contribution in [0.25, 0.3) is 11.6 Å². The number of rotatable bonds is 5. The largest absolute Gasteiger partial charge is 0.359 e. The van der Waals surface area contributed by atoms with Gasteiger partial charge >= 0.3 is 0 Å². The van der Waals surface area contributed by atoms with Crippen molar-refractivity contribution in [1.82, 2.24) is 10.3 Å². The molecule has 3 aromatic rings. The number of anilines is 1. The summed E-state index contributed by atoms with van der Waals surface area (Å²) in [4.78, 5) is 16.5. The summed E-state index contributed by atoms with van der Waals surface area (Å²) in [6.45, 7) is 6.14. The number of sulfone groups is 1. The Balaban J connectivity index is 0.00000320. The molecule has 1 aromatic heterocycles. The second-order valence-corrected chi connectivity index (χ2v) is 12.2. The van der Waals surface area contributed by atoms with Gasteiger partial charge in [-0.15, -0.1) is 0 Å². The number of fused-ring (bicyclic) bond motifs is 1. The Morgan fingerprint density at radius 3 is 2.41 bits per heavy atom. The first kappa shape index (κ1) is 27.5. The molecule has 0 aliphatic carbocycles. The number of hydrogen-bond acceptors (Lipinski definition) is 4. The zero-order chi connectivity index (χ0) is 25.6. The Kier molecular flexibility index (Phi) is 7.91. The standard InChI is InChI=1S/C27H27Cl2N3O3S.CH4/c1-15-25(31-16(2)26(15)17-8-10-30-11-9-17)13-20-19-12-18(6-7-24(19)32-27(20)33)36(34,35)14-21-22(28)4-3-5-23(21)29;/h3-7,12-13,17,30-31H,8-11,14H2,1-2H3,(H,32,33);1H4/b20-13-;. The van der Waals surface area contributed by atoms with Crippen molar-refractivity contribution in [2.24, 2.45) is 0 Å². The van der Waals surface area contributed by atoms with Crippen molar-refractivity contribution in [3.8, 4) is 0 Å². The zero-order valence-corrected chi connectivity index (χ0v) is 22.4. The van der Waals surface area contributed by atoms with E-state index in [1.165, 1.54) is 11.6 Å². The number of halogens is 2. The van der Waals surface area contributed by atoms with Gasteiger partial charge in [0, 0.05) is 38.2 Å². The van der Waals surface area contributed by atoms with Crippen LogP contribution in [0, 0.1) is 13.8 Å². The highest BCUT2D eigenvalue weighted by Gasteiger charge is 2.29. The van der Waals surface area contributed by atoms with E-state index < -0.39 is 9.84 Å². The molecular formula is C28H31Cl2N3O3S. The summed E-state index contributed by atoms with van der Waals surface area (Å²) < 4.78 is 26.6. The third-order valence-electron chi connectivity index (χ3n) is 7.10. The normalized spacial score (nSPS) is 17.0. The Labute approximate surface area is 228 Å². The molecule has 1 saturated heterocycles. The molecule has 0 atom stereocenters. The van der Waals surface area contributed by atoms with Crippen molar-refractivity contribution in [3.63, 3.8) is 0 Å². The van der Waals surface area contributed by atoms with Crippen molar-refractivity contribution in [2.75, 3.05) is 18.4 Å². The van der Waals surface area contributed by atoms with Crippen LogP contribution in [0.15, 0.2) is 41.3 Å². The molecule has 0 spiro atoms. The lowest BCUT2D eigenvalue weighted by Crippen LogP contribution is -2.27. The van der Waals surface area contributed by atoms with Crippen molar-refractivity contribution < 1.29 is 13.2 Å². The first-order valence-electron chi connectivity index (χ1n) is 11.9. The number of benzene rings is 2. The molecule has 2 aromatic carbocycles. The summed E-state index contributed by atoms with van der Waals surface area (Å²) >= 11 is 12.4. The Morgan fingerprint density at radius 1 is 1.05 bits per heavy atom. The molecule has 196 valence electrons. The van der Waals surface area contributed by atoms with E-state index in [1.54, 1.807) is 30.3 Å². The Morgan fingerprint density at radius 2 is 1.73 bits per heavy atom. The highest BCUT2D eigenvalue weighted by atomic mass is 35.5. The van der Waals surface area contributed by atoms with Gasteiger partial charge in [0.25, 0.3) is 5.91 Å². The molecule has 1 amide bonds. The molecule has 37 heavy (non-hydrogen) atoms. The van der Waals surface area contributed by atoms with Gasteiger partial charge in [0.05, 0.1) is 16.2 Å². The SMILES string of the molecule is C.Cc1[nH]c(/C=C2\C(=O)Nc3ccc(S(=O)(=O)Cc4c(Cl)cccc4Cl)cc32)c(C)c1C1CCNCC1. The number of carbonyl (C=O) groups excluding carboxylic acids is 1. The van der Waals surface area contributed by atoms with Crippen molar-refractivity contribution in [3.05, 3.63) is 80.1 Å².